The van der Waals surface area contributed by atoms with Crippen LogP contribution in [0.5, 0.6) is 0 Å². The second kappa shape index (κ2) is 9.35. The molecule has 8 rings (SSSR count). The van der Waals surface area contributed by atoms with Crippen LogP contribution < -0.4 is 10.1 Å². The van der Waals surface area contributed by atoms with Crippen LogP contribution in [0, 0.1) is 13.8 Å². The molecule has 0 unspecified atom stereocenters. The molecule has 0 saturated heterocycles. The van der Waals surface area contributed by atoms with Gasteiger partial charge in [-0.2, -0.15) is 0 Å². The van der Waals surface area contributed by atoms with E-state index >= 15 is 0 Å². The minimum Gasteiger partial charge on any atom is -0.310 e. The Labute approximate surface area is 265 Å². The first kappa shape index (κ1) is 27.7. The number of carbonyl (C=O) groups excluding carboxylic acids is 2. The van der Waals surface area contributed by atoms with Crippen LogP contribution in [-0.2, 0) is 5.41 Å². The standard InChI is InChI=1S/C41H35NO2Si/c1-24-17-25(2)19-29(18-24)42-35-16-15-26(20-33-38(43)31-22-27-11-7-8-12-28(27)23-32(31)39(33)44)21-34(35)41(3,4)40-37(42)30-13-9-10-14-36(30)45(40,5)6/h7-23H,1-6H3. The number of Topliss-reactive ketones (excluding diaryl/α,β-unsaturated/α-hetero) is 2. The van der Waals surface area contributed by atoms with Crippen molar-refractivity contribution in [3.8, 4) is 0 Å². The number of hydrogen-bond acceptors (Lipinski definition) is 3. The van der Waals surface area contributed by atoms with E-state index in [-0.39, 0.29) is 22.6 Å². The van der Waals surface area contributed by atoms with E-state index in [1.54, 1.807) is 0 Å². The molecule has 4 heteroatoms. The van der Waals surface area contributed by atoms with Gasteiger partial charge in [-0.25, -0.2) is 0 Å². The molecule has 0 N–H and O–H groups in total. The van der Waals surface area contributed by atoms with Gasteiger partial charge >= 0.3 is 0 Å². The molecule has 3 aliphatic rings. The summed E-state index contributed by atoms with van der Waals surface area (Å²) in [4.78, 5) is 29.7. The van der Waals surface area contributed by atoms with E-state index in [0.29, 0.717) is 11.1 Å². The molecule has 0 bridgehead atoms. The minimum atomic E-state index is -2.06. The molecule has 0 fully saturated rings. The van der Waals surface area contributed by atoms with E-state index < -0.39 is 8.07 Å². The number of ketones is 2. The van der Waals surface area contributed by atoms with Crippen molar-refractivity contribution in [3.63, 3.8) is 0 Å². The maximum absolute atomic E-state index is 13.6. The summed E-state index contributed by atoms with van der Waals surface area (Å²) >= 11 is 0. The molecule has 0 saturated carbocycles. The maximum atomic E-state index is 13.6. The molecule has 220 valence electrons. The Kier molecular flexibility index (Phi) is 5.76. The summed E-state index contributed by atoms with van der Waals surface area (Å²) < 4.78 is 0. The second-order valence-electron chi connectivity index (χ2n) is 13.9. The van der Waals surface area contributed by atoms with Crippen molar-refractivity contribution < 1.29 is 9.59 Å². The van der Waals surface area contributed by atoms with Gasteiger partial charge in [-0.05, 0) is 105 Å². The highest BCUT2D eigenvalue weighted by atomic mass is 28.3. The lowest BCUT2D eigenvalue weighted by Crippen LogP contribution is -2.48. The van der Waals surface area contributed by atoms with Gasteiger partial charge in [-0.15, -0.1) is 0 Å². The van der Waals surface area contributed by atoms with Crippen molar-refractivity contribution in [1.29, 1.82) is 0 Å². The lowest BCUT2D eigenvalue weighted by atomic mass is 9.77. The monoisotopic (exact) mass is 601 g/mol. The number of nitrogens with zero attached hydrogens (tertiary/aromatic N) is 1. The Morgan fingerprint density at radius 3 is 1.93 bits per heavy atom. The van der Waals surface area contributed by atoms with Crippen molar-refractivity contribution in [3.05, 3.63) is 147 Å². The molecular formula is C41H35NO2Si. The first-order chi connectivity index (χ1) is 21.5. The molecule has 0 amide bonds. The van der Waals surface area contributed by atoms with Crippen molar-refractivity contribution >= 4 is 58.7 Å². The highest BCUT2D eigenvalue weighted by molar-refractivity contribution is 6.99. The van der Waals surface area contributed by atoms with E-state index in [2.05, 4.69) is 106 Å². The number of hydrogen-bond donors (Lipinski definition) is 0. The van der Waals surface area contributed by atoms with Crippen molar-refractivity contribution in [1.82, 2.24) is 0 Å². The Balaban J connectivity index is 1.32. The van der Waals surface area contributed by atoms with E-state index in [1.165, 1.54) is 38.3 Å². The largest absolute Gasteiger partial charge is 0.310 e. The third-order valence-electron chi connectivity index (χ3n) is 10.1. The molecule has 0 atom stereocenters. The van der Waals surface area contributed by atoms with Crippen LogP contribution in [-0.4, -0.2) is 19.6 Å². The Bertz CT molecular complexity index is 2160. The minimum absolute atomic E-state index is 0.195. The summed E-state index contributed by atoms with van der Waals surface area (Å²) in [6, 6.07) is 33.8. The average molecular weight is 602 g/mol. The zero-order chi connectivity index (χ0) is 31.4. The highest BCUT2D eigenvalue weighted by Gasteiger charge is 2.52. The first-order valence-electron chi connectivity index (χ1n) is 15.7. The summed E-state index contributed by atoms with van der Waals surface area (Å²) in [5.41, 5.74) is 10.5. The number of allylic oxidation sites excluding steroid dienone is 2. The molecule has 5 aromatic rings. The Hall–Kier alpha value is -4.80. The van der Waals surface area contributed by atoms with Gasteiger partial charge in [0.15, 0.2) is 11.6 Å². The highest BCUT2D eigenvalue weighted by Crippen LogP contribution is 2.56. The van der Waals surface area contributed by atoms with Gasteiger partial charge < -0.3 is 4.90 Å². The molecule has 0 spiro atoms. The third-order valence-corrected chi connectivity index (χ3v) is 14.0. The molecule has 2 aliphatic heterocycles. The second-order valence-corrected chi connectivity index (χ2v) is 18.2. The molecule has 1 aliphatic carbocycles. The van der Waals surface area contributed by atoms with E-state index in [4.69, 9.17) is 0 Å². The fourth-order valence-electron chi connectivity index (χ4n) is 8.36. The summed E-state index contributed by atoms with van der Waals surface area (Å²) in [6.45, 7) is 14.0. The van der Waals surface area contributed by atoms with Gasteiger partial charge in [-0.1, -0.05) is 87.6 Å². The number of benzene rings is 5. The number of fused-ring (bicyclic) bond motifs is 5. The van der Waals surface area contributed by atoms with Crippen LogP contribution in [0.1, 0.15) is 62.4 Å². The first-order valence-corrected chi connectivity index (χ1v) is 18.7. The molecule has 5 aromatic carbocycles. The van der Waals surface area contributed by atoms with Gasteiger partial charge in [0.1, 0.15) is 8.07 Å². The van der Waals surface area contributed by atoms with Crippen molar-refractivity contribution in [2.75, 3.05) is 4.90 Å². The fourth-order valence-corrected chi connectivity index (χ4v) is 12.6. The topological polar surface area (TPSA) is 37.4 Å². The summed E-state index contributed by atoms with van der Waals surface area (Å²) in [6.07, 6.45) is 1.81. The van der Waals surface area contributed by atoms with Gasteiger partial charge in [-0.3, -0.25) is 9.59 Å². The lowest BCUT2D eigenvalue weighted by Gasteiger charge is -2.45. The molecule has 0 radical (unpaired) electrons. The van der Waals surface area contributed by atoms with E-state index in [1.807, 2.05) is 42.5 Å². The lowest BCUT2D eigenvalue weighted by molar-refractivity contribution is 0.0990. The Morgan fingerprint density at radius 1 is 0.689 bits per heavy atom. The number of rotatable bonds is 2. The molecule has 0 aromatic heterocycles. The summed E-state index contributed by atoms with van der Waals surface area (Å²) in [5.74, 6) is -0.390. The van der Waals surface area contributed by atoms with E-state index in [9.17, 15) is 9.59 Å². The number of anilines is 2. The van der Waals surface area contributed by atoms with Gasteiger partial charge in [0, 0.05) is 27.9 Å². The average Bonchev–Trinajstić information content (AvgIpc) is 3.38. The SMILES string of the molecule is Cc1cc(C)cc(N2C3=C(C(C)(C)c4cc(C=C5C(=O)c6cc7ccccc7cc6C5=O)ccc42)[Si](C)(C)c2ccccc23)c1. The summed E-state index contributed by atoms with van der Waals surface area (Å²) in [5, 5.41) is 4.92. The van der Waals surface area contributed by atoms with Crippen molar-refractivity contribution in [2.24, 2.45) is 0 Å². The Morgan fingerprint density at radius 2 is 1.29 bits per heavy atom. The summed E-state index contributed by atoms with van der Waals surface area (Å²) in [7, 11) is -2.06. The molecular weight excluding hydrogens is 567 g/mol. The van der Waals surface area contributed by atoms with Gasteiger partial charge in [0.25, 0.3) is 0 Å². The zero-order valence-electron chi connectivity index (χ0n) is 26.6. The molecule has 45 heavy (non-hydrogen) atoms. The maximum Gasteiger partial charge on any atom is 0.197 e. The fraction of sp³-hybridized carbons (Fsp3) is 0.171. The van der Waals surface area contributed by atoms with Crippen molar-refractivity contribution in [2.45, 2.75) is 46.2 Å². The zero-order valence-corrected chi connectivity index (χ0v) is 27.6. The third kappa shape index (κ3) is 3.88. The van der Waals surface area contributed by atoms with Gasteiger partial charge in [0.05, 0.1) is 11.3 Å². The number of carbonyl (C=O) groups is 2. The normalized spacial score (nSPS) is 17.4. The van der Waals surface area contributed by atoms with Crippen LogP contribution in [0.3, 0.4) is 0 Å². The molecule has 2 heterocycles. The van der Waals surface area contributed by atoms with Crippen LogP contribution in [0.25, 0.3) is 22.5 Å². The predicted molar refractivity (Wildman–Crippen MR) is 189 cm³/mol. The molecule has 3 nitrogen and oxygen atoms in total. The smallest absolute Gasteiger partial charge is 0.197 e. The van der Waals surface area contributed by atoms with Crippen LogP contribution in [0.15, 0.2) is 108 Å². The van der Waals surface area contributed by atoms with Crippen LogP contribution in [0.2, 0.25) is 13.1 Å². The van der Waals surface area contributed by atoms with Crippen LogP contribution in [0.4, 0.5) is 11.4 Å². The predicted octanol–water partition coefficient (Wildman–Crippen LogP) is 9.23. The quantitative estimate of drug-likeness (QED) is 0.115. The van der Waals surface area contributed by atoms with Crippen LogP contribution >= 0.6 is 0 Å². The van der Waals surface area contributed by atoms with Gasteiger partial charge in [0.2, 0.25) is 0 Å². The van der Waals surface area contributed by atoms with E-state index in [0.717, 1.165) is 27.7 Å². The number of aryl methyl sites for hydroxylation is 2.